The van der Waals surface area contributed by atoms with Crippen molar-refractivity contribution in [3.63, 3.8) is 0 Å². The van der Waals surface area contributed by atoms with Gasteiger partial charge in [-0.25, -0.2) is 4.68 Å². The van der Waals surface area contributed by atoms with Crippen LogP contribution in [0.5, 0.6) is 0 Å². The second kappa shape index (κ2) is 7.54. The molecule has 150 valence electrons. The topological polar surface area (TPSA) is 107 Å². The van der Waals surface area contributed by atoms with Crippen molar-refractivity contribution in [3.8, 4) is 5.69 Å². The van der Waals surface area contributed by atoms with Crippen LogP contribution in [-0.2, 0) is 0 Å². The number of amides is 1. The predicted molar refractivity (Wildman–Crippen MR) is 107 cm³/mol. The first kappa shape index (κ1) is 18.9. The van der Waals surface area contributed by atoms with E-state index in [0.29, 0.717) is 54.3 Å². The number of para-hydroxylation sites is 1. The normalized spacial score (nSPS) is 14.9. The van der Waals surface area contributed by atoms with Crippen LogP contribution in [0.15, 0.2) is 41.1 Å². The minimum Gasteiger partial charge on any atom is -0.383 e. The number of Topliss-reactive ketones (excluding diaryl/α,β-unsaturated/α-hetero) is 1. The molecular formula is C21H23N5O3. The zero-order chi connectivity index (χ0) is 20.5. The van der Waals surface area contributed by atoms with Crippen molar-refractivity contribution >= 4 is 17.5 Å². The number of ketones is 1. The van der Waals surface area contributed by atoms with Gasteiger partial charge in [0.05, 0.1) is 23.1 Å². The Labute approximate surface area is 168 Å². The summed E-state index contributed by atoms with van der Waals surface area (Å²) in [6.07, 6.45) is 2.71. The van der Waals surface area contributed by atoms with E-state index in [1.54, 1.807) is 23.4 Å². The van der Waals surface area contributed by atoms with Gasteiger partial charge >= 0.3 is 0 Å². The number of anilines is 1. The third-order valence-electron chi connectivity index (χ3n) is 5.47. The number of rotatable bonds is 4. The van der Waals surface area contributed by atoms with Crippen molar-refractivity contribution in [1.82, 2.24) is 19.8 Å². The number of carbonyl (C=O) groups is 2. The lowest BCUT2D eigenvalue weighted by Gasteiger charge is -2.31. The highest BCUT2D eigenvalue weighted by Crippen LogP contribution is 2.27. The Hall–Kier alpha value is -3.42. The number of aryl methyl sites for hydroxylation is 2. The van der Waals surface area contributed by atoms with Crippen molar-refractivity contribution in [2.24, 2.45) is 5.92 Å². The molecule has 2 N–H and O–H groups in total. The summed E-state index contributed by atoms with van der Waals surface area (Å²) in [6.45, 7) is 4.50. The molecule has 1 aromatic carbocycles. The van der Waals surface area contributed by atoms with Gasteiger partial charge < -0.3 is 15.2 Å². The maximum atomic E-state index is 13.0. The maximum absolute atomic E-state index is 13.0. The molecule has 4 rings (SSSR count). The monoisotopic (exact) mass is 393 g/mol. The molecule has 8 nitrogen and oxygen atoms in total. The summed E-state index contributed by atoms with van der Waals surface area (Å²) in [5.74, 6) is 0.569. The molecule has 0 aliphatic carbocycles. The number of hydrogen-bond donors (Lipinski definition) is 1. The Balaban J connectivity index is 1.45. The Kier molecular flexibility index (Phi) is 4.92. The third-order valence-corrected chi connectivity index (χ3v) is 5.47. The summed E-state index contributed by atoms with van der Waals surface area (Å²) in [4.78, 5) is 27.5. The lowest BCUT2D eigenvalue weighted by molar-refractivity contribution is 0.0648. The number of nitrogen functional groups attached to an aromatic ring is 1. The Bertz CT molecular complexity index is 1030. The molecule has 1 fully saturated rings. The molecule has 0 spiro atoms. The summed E-state index contributed by atoms with van der Waals surface area (Å²) in [5, 5.41) is 8.14. The fraction of sp³-hybridized carbons (Fsp3) is 0.333. The molecule has 0 bridgehead atoms. The van der Waals surface area contributed by atoms with Gasteiger partial charge in [-0.2, -0.15) is 5.10 Å². The van der Waals surface area contributed by atoms with Crippen LogP contribution in [0.4, 0.5) is 5.82 Å². The number of piperidine rings is 1. The van der Waals surface area contributed by atoms with Gasteiger partial charge in [0, 0.05) is 19.0 Å². The summed E-state index contributed by atoms with van der Waals surface area (Å²) >= 11 is 0. The smallest absolute Gasteiger partial charge is 0.259 e. The van der Waals surface area contributed by atoms with Crippen LogP contribution in [0.2, 0.25) is 0 Å². The van der Waals surface area contributed by atoms with E-state index in [4.69, 9.17) is 10.3 Å². The minimum absolute atomic E-state index is 0.0193. The van der Waals surface area contributed by atoms with Crippen LogP contribution in [0.3, 0.4) is 0 Å². The van der Waals surface area contributed by atoms with Crippen LogP contribution in [0.25, 0.3) is 5.69 Å². The first-order valence-electron chi connectivity index (χ1n) is 9.62. The molecule has 1 amide bonds. The predicted octanol–water partition coefficient (Wildman–Crippen LogP) is 2.79. The van der Waals surface area contributed by atoms with Gasteiger partial charge in [0.2, 0.25) is 0 Å². The number of carbonyl (C=O) groups excluding carboxylic acids is 2. The van der Waals surface area contributed by atoms with Gasteiger partial charge in [-0.15, -0.1) is 0 Å². The Morgan fingerprint density at radius 2 is 1.83 bits per heavy atom. The van der Waals surface area contributed by atoms with E-state index in [0.717, 1.165) is 5.69 Å². The molecule has 1 aliphatic heterocycles. The number of likely N-dealkylation sites (tertiary alicyclic amines) is 1. The molecule has 1 saturated heterocycles. The molecular weight excluding hydrogens is 370 g/mol. The van der Waals surface area contributed by atoms with Crippen LogP contribution in [-0.4, -0.2) is 44.6 Å². The summed E-state index contributed by atoms with van der Waals surface area (Å²) in [6, 6.07) is 9.47. The van der Waals surface area contributed by atoms with E-state index >= 15 is 0 Å². The molecule has 1 aliphatic rings. The van der Waals surface area contributed by atoms with Gasteiger partial charge in [-0.05, 0) is 38.8 Å². The molecule has 29 heavy (non-hydrogen) atoms. The van der Waals surface area contributed by atoms with Gasteiger partial charge in [-0.1, -0.05) is 23.4 Å². The lowest BCUT2D eigenvalue weighted by Crippen LogP contribution is -2.40. The van der Waals surface area contributed by atoms with E-state index in [1.165, 1.54) is 6.20 Å². The first-order valence-corrected chi connectivity index (χ1v) is 9.62. The zero-order valence-electron chi connectivity index (χ0n) is 16.5. The summed E-state index contributed by atoms with van der Waals surface area (Å²) in [5.41, 5.74) is 8.56. The van der Waals surface area contributed by atoms with Crippen molar-refractivity contribution in [2.45, 2.75) is 26.7 Å². The SMILES string of the molecule is Cc1noc(C)c1C(=O)N1CCC(C(=O)c2cnn(-c3ccccc3)c2N)CC1. The first-order chi connectivity index (χ1) is 14.0. The van der Waals surface area contributed by atoms with E-state index in [1.807, 2.05) is 30.3 Å². The number of nitrogens with zero attached hydrogens (tertiary/aromatic N) is 4. The Morgan fingerprint density at radius 3 is 2.45 bits per heavy atom. The van der Waals surface area contributed by atoms with Crippen molar-refractivity contribution in [2.75, 3.05) is 18.8 Å². The molecule has 3 aromatic rings. The van der Waals surface area contributed by atoms with Crippen LogP contribution in [0.1, 0.15) is 45.0 Å². The van der Waals surface area contributed by atoms with Gasteiger partial charge in [-0.3, -0.25) is 9.59 Å². The van der Waals surface area contributed by atoms with Crippen LogP contribution >= 0.6 is 0 Å². The number of aromatic nitrogens is 3. The second-order valence-electron chi connectivity index (χ2n) is 7.32. The minimum atomic E-state index is -0.181. The molecule has 0 atom stereocenters. The quantitative estimate of drug-likeness (QED) is 0.683. The van der Waals surface area contributed by atoms with Crippen molar-refractivity contribution in [1.29, 1.82) is 0 Å². The number of nitrogens with two attached hydrogens (primary N) is 1. The molecule has 8 heteroatoms. The highest BCUT2D eigenvalue weighted by atomic mass is 16.5. The molecule has 0 radical (unpaired) electrons. The number of hydrogen-bond acceptors (Lipinski definition) is 6. The standard InChI is InChI=1S/C21H23N5O3/c1-13-18(14(2)29-24-13)21(28)25-10-8-15(9-11-25)19(27)17-12-23-26(20(17)22)16-6-4-3-5-7-16/h3-7,12,15H,8-11,22H2,1-2H3. The lowest BCUT2D eigenvalue weighted by atomic mass is 9.89. The van der Waals surface area contributed by atoms with Crippen LogP contribution < -0.4 is 5.73 Å². The van der Waals surface area contributed by atoms with E-state index in [2.05, 4.69) is 10.3 Å². The fourth-order valence-electron chi connectivity index (χ4n) is 3.83. The number of benzene rings is 1. The Morgan fingerprint density at radius 1 is 1.14 bits per heavy atom. The van der Waals surface area contributed by atoms with Gasteiger partial charge in [0.25, 0.3) is 5.91 Å². The highest BCUT2D eigenvalue weighted by molar-refractivity contribution is 6.02. The van der Waals surface area contributed by atoms with Crippen molar-refractivity contribution < 1.29 is 14.1 Å². The van der Waals surface area contributed by atoms with E-state index < -0.39 is 0 Å². The molecule has 3 heterocycles. The van der Waals surface area contributed by atoms with Crippen molar-refractivity contribution in [3.05, 3.63) is 59.1 Å². The zero-order valence-corrected chi connectivity index (χ0v) is 16.5. The molecule has 2 aromatic heterocycles. The molecule has 0 unspecified atom stereocenters. The fourth-order valence-corrected chi connectivity index (χ4v) is 3.83. The average Bonchev–Trinajstić information content (AvgIpc) is 3.29. The molecule has 0 saturated carbocycles. The summed E-state index contributed by atoms with van der Waals surface area (Å²) < 4.78 is 6.67. The highest BCUT2D eigenvalue weighted by Gasteiger charge is 2.32. The van der Waals surface area contributed by atoms with Gasteiger partial charge in [0.15, 0.2) is 5.78 Å². The average molecular weight is 393 g/mol. The summed E-state index contributed by atoms with van der Waals surface area (Å²) in [7, 11) is 0. The van der Waals surface area contributed by atoms with Gasteiger partial charge in [0.1, 0.15) is 17.1 Å². The largest absolute Gasteiger partial charge is 0.383 e. The van der Waals surface area contributed by atoms with Crippen LogP contribution in [0, 0.1) is 19.8 Å². The maximum Gasteiger partial charge on any atom is 0.259 e. The van der Waals surface area contributed by atoms with E-state index in [9.17, 15) is 9.59 Å². The third kappa shape index (κ3) is 3.41. The van der Waals surface area contributed by atoms with E-state index in [-0.39, 0.29) is 17.6 Å². The second-order valence-corrected chi connectivity index (χ2v) is 7.32.